The normalized spacial score (nSPS) is 11.9. The summed E-state index contributed by atoms with van der Waals surface area (Å²) in [5.74, 6) is -0.281. The smallest absolute Gasteiger partial charge is 0.328 e. The summed E-state index contributed by atoms with van der Waals surface area (Å²) in [5.41, 5.74) is 0.972. The summed E-state index contributed by atoms with van der Waals surface area (Å²) >= 11 is -2.34. The van der Waals surface area contributed by atoms with Gasteiger partial charge < -0.3 is 5.32 Å². The third kappa shape index (κ3) is 5.98. The summed E-state index contributed by atoms with van der Waals surface area (Å²) in [4.78, 5) is 10.9. The molecule has 0 bridgehead atoms. The van der Waals surface area contributed by atoms with Crippen LogP contribution in [0.1, 0.15) is 12.0 Å². The molecule has 0 saturated carbocycles. The van der Waals surface area contributed by atoms with Crippen molar-refractivity contribution >= 4 is 17.3 Å². The van der Waals surface area contributed by atoms with E-state index in [1.807, 2.05) is 0 Å². The van der Waals surface area contributed by atoms with Crippen molar-refractivity contribution in [3.05, 3.63) is 35.6 Å². The number of rotatable bonds is 5. The molecular formula is C10H13FN2O3S. The first kappa shape index (κ1) is 13.6. The van der Waals surface area contributed by atoms with Crippen LogP contribution in [0.15, 0.2) is 24.3 Å². The number of benzene rings is 1. The highest BCUT2D eigenvalue weighted by Gasteiger charge is 2.01. The zero-order chi connectivity index (χ0) is 12.7. The fourth-order valence-corrected chi connectivity index (χ4v) is 1.49. The maximum absolute atomic E-state index is 12.6. The fourth-order valence-electron chi connectivity index (χ4n) is 1.26. The van der Waals surface area contributed by atoms with Crippen LogP contribution in [-0.2, 0) is 17.7 Å². The molecule has 17 heavy (non-hydrogen) atoms. The zero-order valence-corrected chi connectivity index (χ0v) is 9.80. The fraction of sp³-hybridized carbons (Fsp3) is 0.300. The molecular weight excluding hydrogens is 247 g/mol. The second-order valence-electron chi connectivity index (χ2n) is 3.34. The van der Waals surface area contributed by atoms with Crippen molar-refractivity contribution in [2.24, 2.45) is 0 Å². The molecule has 0 aliphatic carbocycles. The second kappa shape index (κ2) is 6.97. The number of carbonyl (C=O) groups is 1. The minimum absolute atomic E-state index is 0.281. The van der Waals surface area contributed by atoms with Gasteiger partial charge in [-0.05, 0) is 30.5 Å². The second-order valence-corrected chi connectivity index (χ2v) is 4.04. The molecule has 0 aromatic heterocycles. The standard InChI is InChI=1S/C10H13FN2O3S/c11-9-5-3-8(4-6-9)2-1-7-12-10(14)13-17(15)16/h3-6H,1-2,7H2,(H,15,16)(H2,12,13,14). The first-order valence-electron chi connectivity index (χ1n) is 4.97. The van der Waals surface area contributed by atoms with Crippen molar-refractivity contribution in [1.29, 1.82) is 0 Å². The Hall–Kier alpha value is -1.47. The van der Waals surface area contributed by atoms with Crippen molar-refractivity contribution in [2.75, 3.05) is 6.54 Å². The number of carbonyl (C=O) groups excluding carboxylic acids is 1. The van der Waals surface area contributed by atoms with Gasteiger partial charge in [0.05, 0.1) is 0 Å². The maximum atomic E-state index is 12.6. The Labute approximate surface area is 101 Å². The van der Waals surface area contributed by atoms with E-state index in [0.717, 1.165) is 5.56 Å². The van der Waals surface area contributed by atoms with Crippen molar-refractivity contribution in [2.45, 2.75) is 12.8 Å². The van der Waals surface area contributed by atoms with Crippen LogP contribution in [0, 0.1) is 5.82 Å². The summed E-state index contributed by atoms with van der Waals surface area (Å²) in [6.45, 7) is 0.375. The Morgan fingerprint density at radius 2 is 2.00 bits per heavy atom. The van der Waals surface area contributed by atoms with Crippen LogP contribution in [0.4, 0.5) is 9.18 Å². The van der Waals surface area contributed by atoms with Gasteiger partial charge in [0.15, 0.2) is 0 Å². The molecule has 0 saturated heterocycles. The van der Waals surface area contributed by atoms with Crippen LogP contribution in [0.3, 0.4) is 0 Å². The number of amides is 2. The number of hydrogen-bond donors (Lipinski definition) is 3. The topological polar surface area (TPSA) is 78.4 Å². The van der Waals surface area contributed by atoms with E-state index in [4.69, 9.17) is 4.55 Å². The van der Waals surface area contributed by atoms with Crippen molar-refractivity contribution in [3.8, 4) is 0 Å². The van der Waals surface area contributed by atoms with Gasteiger partial charge in [0.25, 0.3) is 11.3 Å². The molecule has 0 spiro atoms. The Bertz CT molecular complexity index is 397. The number of nitrogens with one attached hydrogen (secondary N) is 2. The van der Waals surface area contributed by atoms with Crippen molar-refractivity contribution in [1.82, 2.24) is 10.0 Å². The summed E-state index contributed by atoms with van der Waals surface area (Å²) in [5, 5.41) is 2.42. The molecule has 1 atom stereocenters. The Morgan fingerprint density at radius 3 is 2.59 bits per heavy atom. The molecule has 1 aromatic rings. The van der Waals surface area contributed by atoms with E-state index >= 15 is 0 Å². The molecule has 0 radical (unpaired) electrons. The monoisotopic (exact) mass is 260 g/mol. The van der Waals surface area contributed by atoms with Gasteiger partial charge >= 0.3 is 6.03 Å². The number of urea groups is 1. The largest absolute Gasteiger partial charge is 0.337 e. The van der Waals surface area contributed by atoms with Crippen molar-refractivity contribution < 1.29 is 17.9 Å². The highest BCUT2D eigenvalue weighted by Crippen LogP contribution is 2.04. The molecule has 0 aliphatic rings. The van der Waals surface area contributed by atoms with Gasteiger partial charge in [0, 0.05) is 6.54 Å². The predicted molar refractivity (Wildman–Crippen MR) is 62.0 cm³/mol. The summed E-state index contributed by atoms with van der Waals surface area (Å²) in [6.07, 6.45) is 1.36. The van der Waals surface area contributed by atoms with Crippen LogP contribution in [-0.4, -0.2) is 21.3 Å². The molecule has 0 aliphatic heterocycles. The van der Waals surface area contributed by atoms with Gasteiger partial charge in [-0.1, -0.05) is 12.1 Å². The number of hydrogen-bond acceptors (Lipinski definition) is 2. The number of aryl methyl sites for hydroxylation is 1. The summed E-state index contributed by atoms with van der Waals surface area (Å²) < 4.78 is 32.9. The summed E-state index contributed by atoms with van der Waals surface area (Å²) in [7, 11) is 0. The Balaban J connectivity index is 2.18. The van der Waals surface area contributed by atoms with Gasteiger partial charge in [0.2, 0.25) is 0 Å². The SMILES string of the molecule is O=C(NCCCc1ccc(F)cc1)NS(=O)O. The molecule has 1 rings (SSSR count). The first-order chi connectivity index (χ1) is 8.08. The Morgan fingerprint density at radius 1 is 1.35 bits per heavy atom. The van der Waals surface area contributed by atoms with Gasteiger partial charge in [0.1, 0.15) is 5.82 Å². The predicted octanol–water partition coefficient (Wildman–Crippen LogP) is 1.19. The van der Waals surface area contributed by atoms with Gasteiger partial charge in [-0.15, -0.1) is 0 Å². The van der Waals surface area contributed by atoms with Crippen LogP contribution < -0.4 is 10.0 Å². The van der Waals surface area contributed by atoms with E-state index in [-0.39, 0.29) is 5.82 Å². The maximum Gasteiger partial charge on any atom is 0.328 e. The first-order valence-corrected chi connectivity index (χ1v) is 6.08. The molecule has 7 heteroatoms. The minimum Gasteiger partial charge on any atom is -0.337 e. The van der Waals surface area contributed by atoms with Gasteiger partial charge in [-0.25, -0.2) is 18.1 Å². The lowest BCUT2D eigenvalue weighted by Crippen LogP contribution is -2.36. The average Bonchev–Trinajstić information content (AvgIpc) is 2.26. The minimum atomic E-state index is -2.34. The van der Waals surface area contributed by atoms with E-state index < -0.39 is 17.3 Å². The molecule has 1 aromatic carbocycles. The average molecular weight is 260 g/mol. The van der Waals surface area contributed by atoms with Crippen LogP contribution >= 0.6 is 0 Å². The third-order valence-electron chi connectivity index (χ3n) is 2.02. The molecule has 0 heterocycles. The third-order valence-corrected chi connectivity index (χ3v) is 2.38. The van der Waals surface area contributed by atoms with Crippen LogP contribution in [0.5, 0.6) is 0 Å². The Kier molecular flexibility index (Phi) is 5.58. The van der Waals surface area contributed by atoms with E-state index in [1.54, 1.807) is 16.9 Å². The van der Waals surface area contributed by atoms with Crippen molar-refractivity contribution in [3.63, 3.8) is 0 Å². The molecule has 94 valence electrons. The van der Waals surface area contributed by atoms with Crippen LogP contribution in [0.2, 0.25) is 0 Å². The lowest BCUT2D eigenvalue weighted by Gasteiger charge is -2.04. The van der Waals surface area contributed by atoms with E-state index in [9.17, 15) is 13.4 Å². The molecule has 3 N–H and O–H groups in total. The highest BCUT2D eigenvalue weighted by molar-refractivity contribution is 7.77. The van der Waals surface area contributed by atoms with Gasteiger partial charge in [-0.3, -0.25) is 4.55 Å². The molecule has 5 nitrogen and oxygen atoms in total. The quantitative estimate of drug-likeness (QED) is 0.549. The van der Waals surface area contributed by atoms with E-state index in [1.165, 1.54) is 12.1 Å². The molecule has 0 fully saturated rings. The number of halogens is 1. The van der Waals surface area contributed by atoms with Crippen LogP contribution in [0.25, 0.3) is 0 Å². The summed E-state index contributed by atoms with van der Waals surface area (Å²) in [6, 6.07) is 5.43. The lowest BCUT2D eigenvalue weighted by molar-refractivity contribution is 0.245. The molecule has 2 amide bonds. The zero-order valence-electron chi connectivity index (χ0n) is 8.98. The van der Waals surface area contributed by atoms with Gasteiger partial charge in [-0.2, -0.15) is 0 Å². The highest BCUT2D eigenvalue weighted by atomic mass is 32.2. The molecule has 1 unspecified atom stereocenters. The van der Waals surface area contributed by atoms with E-state index in [0.29, 0.717) is 19.4 Å². The lowest BCUT2D eigenvalue weighted by atomic mass is 10.1. The van der Waals surface area contributed by atoms with E-state index in [2.05, 4.69) is 5.32 Å².